The molecule has 4 rings (SSSR count). The summed E-state index contributed by atoms with van der Waals surface area (Å²) in [6.45, 7) is 0.813. The maximum atomic E-state index is 6.01. The maximum Gasteiger partial charge on any atom is 0.249 e. The van der Waals surface area contributed by atoms with Gasteiger partial charge in [-0.25, -0.2) is 0 Å². The number of hydrogen-bond acceptors (Lipinski definition) is 7. The van der Waals surface area contributed by atoms with Crippen molar-refractivity contribution in [3.63, 3.8) is 0 Å². The van der Waals surface area contributed by atoms with Crippen LogP contribution < -0.4 is 20.1 Å². The number of fused-ring (bicyclic) bond motifs is 1. The van der Waals surface area contributed by atoms with Crippen molar-refractivity contribution in [1.29, 1.82) is 0 Å². The molecule has 0 radical (unpaired) electrons. The molecule has 26 heavy (non-hydrogen) atoms. The lowest BCUT2D eigenvalue weighted by Gasteiger charge is -2.09. The van der Waals surface area contributed by atoms with Gasteiger partial charge in [-0.2, -0.15) is 10.1 Å². The van der Waals surface area contributed by atoms with Crippen LogP contribution in [0.3, 0.4) is 0 Å². The van der Waals surface area contributed by atoms with Gasteiger partial charge >= 0.3 is 0 Å². The molecule has 1 aliphatic heterocycles. The summed E-state index contributed by atoms with van der Waals surface area (Å²) >= 11 is 11.9. The fraction of sp³-hybridized carbons (Fsp3) is 0.118. The number of nitrogens with one attached hydrogen (secondary N) is 2. The van der Waals surface area contributed by atoms with Gasteiger partial charge in [0.1, 0.15) is 0 Å². The van der Waals surface area contributed by atoms with E-state index in [-0.39, 0.29) is 6.79 Å². The van der Waals surface area contributed by atoms with Crippen LogP contribution in [-0.2, 0) is 6.54 Å². The normalized spacial score (nSPS) is 12.1. The second kappa shape index (κ2) is 7.23. The molecule has 3 aromatic rings. The average Bonchev–Trinajstić information content (AvgIpc) is 3.11. The van der Waals surface area contributed by atoms with Gasteiger partial charge in [0, 0.05) is 12.2 Å². The van der Waals surface area contributed by atoms with Crippen molar-refractivity contribution in [2.45, 2.75) is 6.54 Å². The van der Waals surface area contributed by atoms with Gasteiger partial charge in [-0.3, -0.25) is 0 Å². The monoisotopic (exact) mass is 389 g/mol. The van der Waals surface area contributed by atoms with Crippen molar-refractivity contribution in [3.05, 3.63) is 58.2 Å². The highest BCUT2D eigenvalue weighted by molar-refractivity contribution is 6.42. The quantitative estimate of drug-likeness (QED) is 0.674. The summed E-state index contributed by atoms with van der Waals surface area (Å²) in [7, 11) is 0. The van der Waals surface area contributed by atoms with Gasteiger partial charge in [0.15, 0.2) is 17.3 Å². The molecule has 7 nitrogen and oxygen atoms in total. The van der Waals surface area contributed by atoms with E-state index >= 15 is 0 Å². The number of ether oxygens (including phenoxy) is 2. The van der Waals surface area contributed by atoms with Crippen LogP contribution in [-0.4, -0.2) is 22.0 Å². The highest BCUT2D eigenvalue weighted by atomic mass is 35.5. The van der Waals surface area contributed by atoms with Crippen LogP contribution in [0.25, 0.3) is 0 Å². The van der Waals surface area contributed by atoms with E-state index in [1.807, 2.05) is 18.2 Å². The van der Waals surface area contributed by atoms with Crippen molar-refractivity contribution in [3.8, 4) is 11.5 Å². The van der Waals surface area contributed by atoms with E-state index < -0.39 is 0 Å². The molecule has 0 saturated carbocycles. The molecule has 0 amide bonds. The molecule has 2 N–H and O–H groups in total. The van der Waals surface area contributed by atoms with E-state index in [4.69, 9.17) is 32.7 Å². The molecular formula is C17H13Cl2N5O2. The maximum absolute atomic E-state index is 6.01. The van der Waals surface area contributed by atoms with Crippen LogP contribution in [0.4, 0.5) is 17.5 Å². The largest absolute Gasteiger partial charge is 0.454 e. The van der Waals surface area contributed by atoms with Crippen LogP contribution >= 0.6 is 23.2 Å². The van der Waals surface area contributed by atoms with E-state index in [1.54, 1.807) is 24.4 Å². The second-order valence-electron chi connectivity index (χ2n) is 5.46. The molecule has 1 aromatic heterocycles. The number of anilines is 3. The lowest BCUT2D eigenvalue weighted by atomic mass is 10.2. The van der Waals surface area contributed by atoms with Crippen LogP contribution in [0.2, 0.25) is 10.0 Å². The third-order valence-electron chi connectivity index (χ3n) is 3.65. The second-order valence-corrected chi connectivity index (χ2v) is 6.27. The van der Waals surface area contributed by atoms with Crippen molar-refractivity contribution >= 4 is 40.7 Å². The zero-order valence-corrected chi connectivity index (χ0v) is 14.9. The fourth-order valence-corrected chi connectivity index (χ4v) is 2.69. The predicted molar refractivity (Wildman–Crippen MR) is 99.5 cm³/mol. The standard InChI is InChI=1S/C17H13Cl2N5O2/c18-12-3-2-11(6-13(12)19)22-17-23-16(8-21-24-17)20-7-10-1-4-14-15(5-10)26-9-25-14/h1-6,8H,7,9H2,(H2,20,22,23,24). The molecule has 2 aromatic carbocycles. The minimum Gasteiger partial charge on any atom is -0.454 e. The highest BCUT2D eigenvalue weighted by Crippen LogP contribution is 2.32. The molecule has 1 aliphatic rings. The van der Waals surface area contributed by atoms with Crippen molar-refractivity contribution in [2.75, 3.05) is 17.4 Å². The SMILES string of the molecule is Clc1ccc(Nc2nncc(NCc3ccc4c(c3)OCO4)n2)cc1Cl. The number of nitrogens with zero attached hydrogens (tertiary/aromatic N) is 3. The first-order valence-corrected chi connectivity index (χ1v) is 8.47. The first-order valence-electron chi connectivity index (χ1n) is 7.71. The lowest BCUT2D eigenvalue weighted by Crippen LogP contribution is -2.05. The molecule has 0 spiro atoms. The van der Waals surface area contributed by atoms with Gasteiger partial charge in [-0.1, -0.05) is 29.3 Å². The summed E-state index contributed by atoms with van der Waals surface area (Å²) in [5.41, 5.74) is 1.75. The minimum atomic E-state index is 0.256. The topological polar surface area (TPSA) is 81.2 Å². The average molecular weight is 390 g/mol. The molecule has 0 aliphatic carbocycles. The fourth-order valence-electron chi connectivity index (χ4n) is 2.39. The number of benzene rings is 2. The van der Waals surface area contributed by atoms with Crippen LogP contribution in [0, 0.1) is 0 Å². The van der Waals surface area contributed by atoms with E-state index in [1.165, 1.54) is 0 Å². The van der Waals surface area contributed by atoms with Crippen LogP contribution in [0.1, 0.15) is 5.56 Å². The van der Waals surface area contributed by atoms with Gasteiger partial charge in [-0.05, 0) is 35.9 Å². The zero-order valence-electron chi connectivity index (χ0n) is 13.4. The van der Waals surface area contributed by atoms with Crippen molar-refractivity contribution in [1.82, 2.24) is 15.2 Å². The Labute approximate surface area is 159 Å². The summed E-state index contributed by atoms with van der Waals surface area (Å²) in [4.78, 5) is 4.38. The van der Waals surface area contributed by atoms with E-state index in [0.29, 0.717) is 34.0 Å². The van der Waals surface area contributed by atoms with Gasteiger partial charge in [0.25, 0.3) is 0 Å². The molecule has 132 valence electrons. The minimum absolute atomic E-state index is 0.256. The predicted octanol–water partition coefficient (Wildman–Crippen LogP) is 4.26. The molecule has 9 heteroatoms. The molecule has 0 unspecified atom stereocenters. The van der Waals surface area contributed by atoms with Crippen molar-refractivity contribution in [2.24, 2.45) is 0 Å². The molecule has 0 fully saturated rings. The highest BCUT2D eigenvalue weighted by Gasteiger charge is 2.13. The summed E-state index contributed by atoms with van der Waals surface area (Å²) in [5, 5.41) is 15.1. The number of rotatable bonds is 5. The smallest absolute Gasteiger partial charge is 0.249 e. The summed E-state index contributed by atoms with van der Waals surface area (Å²) in [5.74, 6) is 2.43. The Balaban J connectivity index is 1.43. The molecule has 0 atom stereocenters. The Bertz CT molecular complexity index is 954. The number of aromatic nitrogens is 3. The number of hydrogen-bond donors (Lipinski definition) is 2. The first kappa shape index (κ1) is 16.7. The van der Waals surface area contributed by atoms with Gasteiger partial charge in [0.05, 0.1) is 16.2 Å². The summed E-state index contributed by atoms with van der Waals surface area (Å²) in [6.07, 6.45) is 1.55. The Kier molecular flexibility index (Phi) is 4.64. The lowest BCUT2D eigenvalue weighted by molar-refractivity contribution is 0.174. The van der Waals surface area contributed by atoms with Gasteiger partial charge in [-0.15, -0.1) is 5.10 Å². The van der Waals surface area contributed by atoms with E-state index in [2.05, 4.69) is 25.8 Å². The van der Waals surface area contributed by atoms with Crippen LogP contribution in [0.15, 0.2) is 42.6 Å². The molecule has 0 bridgehead atoms. The van der Waals surface area contributed by atoms with Crippen molar-refractivity contribution < 1.29 is 9.47 Å². The Morgan fingerprint density at radius 1 is 1.00 bits per heavy atom. The zero-order chi connectivity index (χ0) is 17.9. The molecule has 2 heterocycles. The Morgan fingerprint density at radius 3 is 2.77 bits per heavy atom. The van der Waals surface area contributed by atoms with E-state index in [0.717, 1.165) is 17.1 Å². The van der Waals surface area contributed by atoms with Gasteiger partial charge in [0.2, 0.25) is 12.7 Å². The molecular weight excluding hydrogens is 377 g/mol. The van der Waals surface area contributed by atoms with Gasteiger partial charge < -0.3 is 20.1 Å². The number of halogens is 2. The van der Waals surface area contributed by atoms with E-state index in [9.17, 15) is 0 Å². The first-order chi connectivity index (χ1) is 12.7. The Hall–Kier alpha value is -2.77. The third kappa shape index (κ3) is 3.74. The Morgan fingerprint density at radius 2 is 1.88 bits per heavy atom. The summed E-state index contributed by atoms with van der Waals surface area (Å²) in [6, 6.07) is 10.9. The molecule has 0 saturated heterocycles. The summed E-state index contributed by atoms with van der Waals surface area (Å²) < 4.78 is 10.7. The third-order valence-corrected chi connectivity index (χ3v) is 4.38. The van der Waals surface area contributed by atoms with Crippen LogP contribution in [0.5, 0.6) is 11.5 Å².